The van der Waals surface area contributed by atoms with Crippen LogP contribution < -0.4 is 14.8 Å². The Labute approximate surface area is 137 Å². The summed E-state index contributed by atoms with van der Waals surface area (Å²) in [5.74, 6) is 1.01. The second kappa shape index (κ2) is 8.22. The van der Waals surface area contributed by atoms with E-state index in [2.05, 4.69) is 24.4 Å². The van der Waals surface area contributed by atoms with Crippen LogP contribution >= 0.6 is 0 Å². The van der Waals surface area contributed by atoms with Crippen LogP contribution in [0.25, 0.3) is 0 Å². The van der Waals surface area contributed by atoms with E-state index in [1.54, 1.807) is 19.2 Å². The highest BCUT2D eigenvalue weighted by molar-refractivity contribution is 5.78. The Hall–Kier alpha value is -2.49. The lowest BCUT2D eigenvalue weighted by Gasteiger charge is -2.16. The van der Waals surface area contributed by atoms with Gasteiger partial charge in [-0.15, -0.1) is 0 Å². The summed E-state index contributed by atoms with van der Waals surface area (Å²) in [7, 11) is 1.57. The molecule has 0 fully saturated rings. The number of aryl methyl sites for hydroxylation is 1. The predicted molar refractivity (Wildman–Crippen MR) is 90.9 cm³/mol. The molecule has 0 saturated carbocycles. The maximum Gasteiger partial charge on any atom is 0.258 e. The van der Waals surface area contributed by atoms with E-state index in [9.17, 15) is 4.79 Å². The fraction of sp³-hybridized carbons (Fsp3) is 0.316. The van der Waals surface area contributed by atoms with Crippen LogP contribution in [0.4, 0.5) is 0 Å². The van der Waals surface area contributed by atoms with Crippen LogP contribution in [0.1, 0.15) is 31.0 Å². The van der Waals surface area contributed by atoms with E-state index in [0.717, 1.165) is 12.0 Å². The highest BCUT2D eigenvalue weighted by Gasteiger charge is 2.11. The molecule has 1 unspecified atom stereocenters. The monoisotopic (exact) mass is 313 g/mol. The Kier molecular flexibility index (Phi) is 6.03. The van der Waals surface area contributed by atoms with Crippen LogP contribution in [0.2, 0.25) is 0 Å². The Morgan fingerprint density at radius 3 is 2.35 bits per heavy atom. The summed E-state index contributed by atoms with van der Waals surface area (Å²) < 4.78 is 10.7. The molecule has 1 atom stereocenters. The molecule has 0 aliphatic heterocycles. The lowest BCUT2D eigenvalue weighted by Crippen LogP contribution is -2.31. The highest BCUT2D eigenvalue weighted by Crippen LogP contribution is 2.25. The van der Waals surface area contributed by atoms with Crippen molar-refractivity contribution in [2.75, 3.05) is 13.7 Å². The van der Waals surface area contributed by atoms with Gasteiger partial charge in [-0.1, -0.05) is 43.3 Å². The van der Waals surface area contributed by atoms with Gasteiger partial charge in [0.2, 0.25) is 0 Å². The summed E-state index contributed by atoms with van der Waals surface area (Å²) in [5.41, 5.74) is 2.36. The van der Waals surface area contributed by atoms with Crippen molar-refractivity contribution < 1.29 is 14.3 Å². The van der Waals surface area contributed by atoms with E-state index < -0.39 is 0 Å². The minimum atomic E-state index is -0.164. The van der Waals surface area contributed by atoms with E-state index in [1.807, 2.05) is 31.2 Å². The SMILES string of the molecule is CCc1ccc(C(C)NC(=O)COc2ccccc2OC)cc1. The van der Waals surface area contributed by atoms with Crippen molar-refractivity contribution in [1.29, 1.82) is 0 Å². The topological polar surface area (TPSA) is 47.6 Å². The third-order valence-electron chi connectivity index (χ3n) is 3.69. The molecule has 4 nitrogen and oxygen atoms in total. The highest BCUT2D eigenvalue weighted by atomic mass is 16.5. The Morgan fingerprint density at radius 2 is 1.74 bits per heavy atom. The van der Waals surface area contributed by atoms with Crippen molar-refractivity contribution in [2.24, 2.45) is 0 Å². The Morgan fingerprint density at radius 1 is 1.09 bits per heavy atom. The molecule has 122 valence electrons. The van der Waals surface area contributed by atoms with Crippen molar-refractivity contribution >= 4 is 5.91 Å². The van der Waals surface area contributed by atoms with Gasteiger partial charge in [0.1, 0.15) is 0 Å². The van der Waals surface area contributed by atoms with E-state index >= 15 is 0 Å². The van der Waals surface area contributed by atoms with Crippen LogP contribution in [0.3, 0.4) is 0 Å². The first-order valence-electron chi connectivity index (χ1n) is 7.78. The van der Waals surface area contributed by atoms with E-state index in [4.69, 9.17) is 9.47 Å². The first kappa shape index (κ1) is 16.9. The molecule has 1 N–H and O–H groups in total. The molecule has 0 aliphatic rings. The molecule has 23 heavy (non-hydrogen) atoms. The number of hydrogen-bond donors (Lipinski definition) is 1. The zero-order valence-electron chi connectivity index (χ0n) is 13.8. The van der Waals surface area contributed by atoms with Gasteiger partial charge in [0.05, 0.1) is 13.2 Å². The van der Waals surface area contributed by atoms with Crippen LogP contribution in [0.5, 0.6) is 11.5 Å². The molecule has 2 aromatic carbocycles. The minimum Gasteiger partial charge on any atom is -0.493 e. The normalized spacial score (nSPS) is 11.6. The summed E-state index contributed by atoms with van der Waals surface area (Å²) in [6.45, 7) is 4.04. The fourth-order valence-corrected chi connectivity index (χ4v) is 2.29. The van der Waals surface area contributed by atoms with Gasteiger partial charge in [-0.3, -0.25) is 4.79 Å². The second-order valence-corrected chi connectivity index (χ2v) is 5.32. The molecule has 0 aliphatic carbocycles. The molecule has 1 amide bonds. The zero-order chi connectivity index (χ0) is 16.7. The molecule has 0 radical (unpaired) electrons. The molecule has 0 spiro atoms. The molecule has 2 rings (SSSR count). The summed E-state index contributed by atoms with van der Waals surface area (Å²) >= 11 is 0. The number of carbonyl (C=O) groups is 1. The van der Waals surface area contributed by atoms with Crippen LogP contribution in [-0.2, 0) is 11.2 Å². The molecule has 0 aromatic heterocycles. The number of para-hydroxylation sites is 2. The van der Waals surface area contributed by atoms with Gasteiger partial charge in [-0.05, 0) is 36.6 Å². The number of nitrogens with one attached hydrogen (secondary N) is 1. The lowest BCUT2D eigenvalue weighted by molar-refractivity contribution is -0.123. The maximum absolute atomic E-state index is 12.0. The van der Waals surface area contributed by atoms with Gasteiger partial charge in [0, 0.05) is 0 Å². The Balaban J connectivity index is 1.88. The number of rotatable bonds is 7. The first-order valence-corrected chi connectivity index (χ1v) is 7.78. The van der Waals surface area contributed by atoms with E-state index in [0.29, 0.717) is 11.5 Å². The Bertz CT molecular complexity index is 637. The maximum atomic E-state index is 12.0. The van der Waals surface area contributed by atoms with Gasteiger partial charge in [0.25, 0.3) is 5.91 Å². The summed E-state index contributed by atoms with van der Waals surface area (Å²) in [6.07, 6.45) is 1.01. The van der Waals surface area contributed by atoms with Crippen molar-refractivity contribution in [3.63, 3.8) is 0 Å². The van der Waals surface area contributed by atoms with Gasteiger partial charge < -0.3 is 14.8 Å². The summed E-state index contributed by atoms with van der Waals surface area (Å²) in [4.78, 5) is 12.0. The number of methoxy groups -OCH3 is 1. The van der Waals surface area contributed by atoms with Gasteiger partial charge in [-0.25, -0.2) is 0 Å². The van der Waals surface area contributed by atoms with Crippen molar-refractivity contribution in [3.8, 4) is 11.5 Å². The molecule has 2 aromatic rings. The quantitative estimate of drug-likeness (QED) is 0.851. The minimum absolute atomic E-state index is 0.0439. The molecule has 0 bridgehead atoms. The number of carbonyl (C=O) groups excluding carboxylic acids is 1. The second-order valence-electron chi connectivity index (χ2n) is 5.32. The number of ether oxygens (including phenoxy) is 2. The number of benzene rings is 2. The first-order chi connectivity index (χ1) is 11.1. The zero-order valence-corrected chi connectivity index (χ0v) is 13.8. The number of amides is 1. The average molecular weight is 313 g/mol. The molecular formula is C19H23NO3. The van der Waals surface area contributed by atoms with Gasteiger partial charge in [-0.2, -0.15) is 0 Å². The average Bonchev–Trinajstić information content (AvgIpc) is 2.60. The van der Waals surface area contributed by atoms with Crippen molar-refractivity contribution in [1.82, 2.24) is 5.32 Å². The van der Waals surface area contributed by atoms with Crippen LogP contribution in [0.15, 0.2) is 48.5 Å². The van der Waals surface area contributed by atoms with Crippen LogP contribution in [0, 0.1) is 0 Å². The van der Waals surface area contributed by atoms with Crippen LogP contribution in [-0.4, -0.2) is 19.6 Å². The summed E-state index contributed by atoms with van der Waals surface area (Å²) in [5, 5.41) is 2.94. The van der Waals surface area contributed by atoms with Gasteiger partial charge in [0.15, 0.2) is 18.1 Å². The number of hydrogen-bond acceptors (Lipinski definition) is 3. The molecule has 4 heteroatoms. The molecule has 0 heterocycles. The van der Waals surface area contributed by atoms with Gasteiger partial charge >= 0.3 is 0 Å². The predicted octanol–water partition coefficient (Wildman–Crippen LogP) is 3.51. The summed E-state index contributed by atoms with van der Waals surface area (Å²) in [6, 6.07) is 15.5. The standard InChI is InChI=1S/C19H23NO3/c1-4-15-9-11-16(12-10-15)14(2)20-19(21)13-23-18-8-6-5-7-17(18)22-3/h5-12,14H,4,13H2,1-3H3,(H,20,21). The van der Waals surface area contributed by atoms with Crippen molar-refractivity contribution in [3.05, 3.63) is 59.7 Å². The molecule has 0 saturated heterocycles. The molecular weight excluding hydrogens is 290 g/mol. The fourth-order valence-electron chi connectivity index (χ4n) is 2.29. The smallest absolute Gasteiger partial charge is 0.258 e. The van der Waals surface area contributed by atoms with E-state index in [1.165, 1.54) is 5.56 Å². The largest absolute Gasteiger partial charge is 0.493 e. The lowest BCUT2D eigenvalue weighted by atomic mass is 10.1. The third-order valence-corrected chi connectivity index (χ3v) is 3.69. The third kappa shape index (κ3) is 4.74. The van der Waals surface area contributed by atoms with E-state index in [-0.39, 0.29) is 18.6 Å². The van der Waals surface area contributed by atoms with Crippen molar-refractivity contribution in [2.45, 2.75) is 26.3 Å².